The maximum absolute atomic E-state index is 9.42. The molecule has 0 radical (unpaired) electrons. The lowest BCUT2D eigenvalue weighted by molar-refractivity contribution is 0.000719. The SMILES string of the molecule is CC(C)(C#N)c1ccccc1CN1CCC(OCCCO)CC1. The molecule has 0 bridgehead atoms. The number of likely N-dealkylation sites (tertiary alicyclic amines) is 1. The molecule has 23 heavy (non-hydrogen) atoms. The Labute approximate surface area is 139 Å². The molecule has 4 nitrogen and oxygen atoms in total. The predicted octanol–water partition coefficient (Wildman–Crippen LogP) is 2.85. The maximum atomic E-state index is 9.42. The van der Waals surface area contributed by atoms with Gasteiger partial charge in [0.2, 0.25) is 0 Å². The summed E-state index contributed by atoms with van der Waals surface area (Å²) < 4.78 is 5.79. The van der Waals surface area contributed by atoms with Gasteiger partial charge in [-0.25, -0.2) is 0 Å². The summed E-state index contributed by atoms with van der Waals surface area (Å²) in [4.78, 5) is 2.44. The second-order valence-electron chi connectivity index (χ2n) is 6.82. The van der Waals surface area contributed by atoms with Gasteiger partial charge < -0.3 is 9.84 Å². The van der Waals surface area contributed by atoms with Crippen LogP contribution in [0.2, 0.25) is 0 Å². The molecule has 0 aliphatic carbocycles. The van der Waals surface area contributed by atoms with E-state index in [0.29, 0.717) is 12.7 Å². The van der Waals surface area contributed by atoms with Crippen molar-refractivity contribution in [3.63, 3.8) is 0 Å². The summed E-state index contributed by atoms with van der Waals surface area (Å²) >= 11 is 0. The van der Waals surface area contributed by atoms with Gasteiger partial charge in [0.15, 0.2) is 0 Å². The molecule has 1 N–H and O–H groups in total. The summed E-state index contributed by atoms with van der Waals surface area (Å²) in [5.74, 6) is 0. The van der Waals surface area contributed by atoms with Crippen LogP contribution in [0, 0.1) is 11.3 Å². The van der Waals surface area contributed by atoms with Gasteiger partial charge in [-0.3, -0.25) is 4.90 Å². The Morgan fingerprint density at radius 2 is 2.00 bits per heavy atom. The first kappa shape index (κ1) is 17.9. The lowest BCUT2D eigenvalue weighted by Gasteiger charge is -2.33. The Morgan fingerprint density at radius 1 is 1.30 bits per heavy atom. The molecule has 0 spiro atoms. The van der Waals surface area contributed by atoms with Crippen LogP contribution in [0.4, 0.5) is 0 Å². The van der Waals surface area contributed by atoms with E-state index in [0.717, 1.165) is 44.5 Å². The van der Waals surface area contributed by atoms with Crippen LogP contribution in [0.15, 0.2) is 24.3 Å². The van der Waals surface area contributed by atoms with Crippen molar-refractivity contribution in [2.24, 2.45) is 0 Å². The Hall–Kier alpha value is -1.41. The van der Waals surface area contributed by atoms with Crippen LogP contribution in [0.5, 0.6) is 0 Å². The van der Waals surface area contributed by atoms with E-state index in [9.17, 15) is 5.26 Å². The lowest BCUT2D eigenvalue weighted by Crippen LogP contribution is -2.37. The Balaban J connectivity index is 1.91. The van der Waals surface area contributed by atoms with Crippen molar-refractivity contribution in [1.82, 2.24) is 4.90 Å². The minimum Gasteiger partial charge on any atom is -0.396 e. The van der Waals surface area contributed by atoms with Crippen molar-refractivity contribution in [3.05, 3.63) is 35.4 Å². The van der Waals surface area contributed by atoms with Gasteiger partial charge in [0.25, 0.3) is 0 Å². The van der Waals surface area contributed by atoms with Gasteiger partial charge in [-0.15, -0.1) is 0 Å². The number of piperidine rings is 1. The van der Waals surface area contributed by atoms with Gasteiger partial charge in [-0.2, -0.15) is 5.26 Å². The third kappa shape index (κ3) is 5.04. The highest BCUT2D eigenvalue weighted by molar-refractivity contribution is 5.37. The second-order valence-corrected chi connectivity index (χ2v) is 6.82. The zero-order valence-corrected chi connectivity index (χ0v) is 14.3. The standard InChI is InChI=1S/C19H28N2O2/c1-19(2,15-20)18-7-4-3-6-16(18)14-21-10-8-17(9-11-21)23-13-5-12-22/h3-4,6-7,17,22H,5,8-14H2,1-2H3. The normalized spacial score (nSPS) is 17.1. The molecule has 1 aromatic rings. The molecule has 4 heteroatoms. The van der Waals surface area contributed by atoms with Crippen LogP contribution in [0.3, 0.4) is 0 Å². The van der Waals surface area contributed by atoms with Crippen LogP contribution in [-0.2, 0) is 16.7 Å². The van der Waals surface area contributed by atoms with E-state index in [-0.39, 0.29) is 6.61 Å². The minimum absolute atomic E-state index is 0.199. The van der Waals surface area contributed by atoms with Gasteiger partial charge in [0.05, 0.1) is 17.6 Å². The second kappa shape index (κ2) is 8.44. The van der Waals surface area contributed by atoms with Crippen molar-refractivity contribution >= 4 is 0 Å². The maximum Gasteiger partial charge on any atom is 0.0769 e. The fourth-order valence-corrected chi connectivity index (χ4v) is 3.12. The van der Waals surface area contributed by atoms with E-state index in [4.69, 9.17) is 9.84 Å². The fraction of sp³-hybridized carbons (Fsp3) is 0.632. The fourth-order valence-electron chi connectivity index (χ4n) is 3.12. The third-order valence-corrected chi connectivity index (χ3v) is 4.55. The van der Waals surface area contributed by atoms with E-state index in [1.54, 1.807) is 0 Å². The highest BCUT2D eigenvalue weighted by Gasteiger charge is 2.25. The van der Waals surface area contributed by atoms with Crippen molar-refractivity contribution in [2.75, 3.05) is 26.3 Å². The molecule has 1 heterocycles. The van der Waals surface area contributed by atoms with Crippen molar-refractivity contribution in [2.45, 2.75) is 51.2 Å². The number of benzene rings is 1. The number of hydrogen-bond acceptors (Lipinski definition) is 4. The number of rotatable bonds is 7. The molecule has 0 unspecified atom stereocenters. The van der Waals surface area contributed by atoms with Crippen molar-refractivity contribution in [1.29, 1.82) is 5.26 Å². The molecular weight excluding hydrogens is 288 g/mol. The third-order valence-electron chi connectivity index (χ3n) is 4.55. The molecule has 0 saturated carbocycles. The largest absolute Gasteiger partial charge is 0.396 e. The van der Waals surface area contributed by atoms with E-state index in [1.807, 2.05) is 19.9 Å². The summed E-state index contributed by atoms with van der Waals surface area (Å²) in [6, 6.07) is 10.7. The van der Waals surface area contributed by atoms with Gasteiger partial charge >= 0.3 is 0 Å². The molecule has 2 rings (SSSR count). The molecule has 1 aliphatic heterocycles. The molecule has 1 fully saturated rings. The highest BCUT2D eigenvalue weighted by Crippen LogP contribution is 2.27. The van der Waals surface area contributed by atoms with E-state index >= 15 is 0 Å². The molecule has 1 aliphatic rings. The smallest absolute Gasteiger partial charge is 0.0769 e. The number of aliphatic hydroxyl groups excluding tert-OH is 1. The summed E-state index contributed by atoms with van der Waals surface area (Å²) in [5.41, 5.74) is 1.92. The van der Waals surface area contributed by atoms with E-state index < -0.39 is 5.41 Å². The zero-order valence-electron chi connectivity index (χ0n) is 14.3. The Kier molecular flexibility index (Phi) is 6.59. The molecule has 0 amide bonds. The average molecular weight is 316 g/mol. The predicted molar refractivity (Wildman–Crippen MR) is 91.0 cm³/mol. The van der Waals surface area contributed by atoms with E-state index in [2.05, 4.69) is 29.2 Å². The van der Waals surface area contributed by atoms with Gasteiger partial charge in [0, 0.05) is 32.8 Å². The summed E-state index contributed by atoms with van der Waals surface area (Å²) in [6.45, 7) is 7.74. The quantitative estimate of drug-likeness (QED) is 0.786. The Morgan fingerprint density at radius 3 is 2.65 bits per heavy atom. The van der Waals surface area contributed by atoms with Crippen molar-refractivity contribution < 1.29 is 9.84 Å². The first-order valence-electron chi connectivity index (χ1n) is 8.51. The molecule has 126 valence electrons. The van der Waals surface area contributed by atoms with Crippen LogP contribution in [-0.4, -0.2) is 42.4 Å². The van der Waals surface area contributed by atoms with Crippen LogP contribution in [0.1, 0.15) is 44.2 Å². The van der Waals surface area contributed by atoms with Crippen LogP contribution >= 0.6 is 0 Å². The van der Waals surface area contributed by atoms with Crippen LogP contribution in [0.25, 0.3) is 0 Å². The van der Waals surface area contributed by atoms with Crippen molar-refractivity contribution in [3.8, 4) is 6.07 Å². The molecule has 1 saturated heterocycles. The molecule has 0 atom stereocenters. The molecule has 1 aromatic carbocycles. The zero-order chi connectivity index (χ0) is 16.7. The van der Waals surface area contributed by atoms with Gasteiger partial charge in [0.1, 0.15) is 0 Å². The monoisotopic (exact) mass is 316 g/mol. The lowest BCUT2D eigenvalue weighted by atomic mass is 9.83. The number of nitrogens with zero attached hydrogens (tertiary/aromatic N) is 2. The summed E-state index contributed by atoms with van der Waals surface area (Å²) in [7, 11) is 0. The van der Waals surface area contributed by atoms with Crippen LogP contribution < -0.4 is 0 Å². The minimum atomic E-state index is -0.456. The highest BCUT2D eigenvalue weighted by atomic mass is 16.5. The number of aliphatic hydroxyl groups is 1. The van der Waals surface area contributed by atoms with Gasteiger partial charge in [-0.1, -0.05) is 24.3 Å². The average Bonchev–Trinajstić information content (AvgIpc) is 2.57. The first-order chi connectivity index (χ1) is 11.1. The number of nitriles is 1. The molecule has 0 aromatic heterocycles. The number of ether oxygens (including phenoxy) is 1. The topological polar surface area (TPSA) is 56.5 Å². The van der Waals surface area contributed by atoms with E-state index in [1.165, 1.54) is 5.56 Å². The summed E-state index contributed by atoms with van der Waals surface area (Å²) in [5, 5.41) is 18.2. The van der Waals surface area contributed by atoms with Gasteiger partial charge in [-0.05, 0) is 44.2 Å². The first-order valence-corrected chi connectivity index (χ1v) is 8.51. The Bertz CT molecular complexity index is 528. The molecular formula is C19H28N2O2. The summed E-state index contributed by atoms with van der Waals surface area (Å²) in [6.07, 6.45) is 3.12. The number of hydrogen-bond donors (Lipinski definition) is 1.